The minimum absolute atomic E-state index is 0.0118. The summed E-state index contributed by atoms with van der Waals surface area (Å²) in [5.41, 5.74) is 2.69. The number of hydrogen-bond acceptors (Lipinski definition) is 5. The molecule has 0 fully saturated rings. The molecule has 2 heterocycles. The van der Waals surface area contributed by atoms with E-state index in [1.165, 1.54) is 6.20 Å². The van der Waals surface area contributed by atoms with Crippen molar-refractivity contribution in [3.63, 3.8) is 0 Å². The zero-order chi connectivity index (χ0) is 14.9. The monoisotopic (exact) mass is 278 g/mol. The van der Waals surface area contributed by atoms with Crippen molar-refractivity contribution in [3.8, 4) is 0 Å². The molecule has 2 aromatic heterocycles. The van der Waals surface area contributed by atoms with Gasteiger partial charge in [0.2, 0.25) is 0 Å². The minimum Gasteiger partial charge on any atom is -0.478 e. The molecule has 0 aliphatic heterocycles. The van der Waals surface area contributed by atoms with E-state index in [2.05, 4.69) is 15.6 Å². The summed E-state index contributed by atoms with van der Waals surface area (Å²) in [7, 11) is 1.73. The van der Waals surface area contributed by atoms with Crippen molar-refractivity contribution in [2.24, 2.45) is 7.05 Å². The standard InChI is InChI=1S/C13H18N4O3/c1-7(12-8(2)16-20-9(12)3)14-6-11-10(13(18)19)5-15-17(11)4/h5,7,14H,6H2,1-4H3,(H,18,19). The van der Waals surface area contributed by atoms with Gasteiger partial charge in [0.25, 0.3) is 0 Å². The van der Waals surface area contributed by atoms with E-state index in [4.69, 9.17) is 9.63 Å². The first-order valence-electron chi connectivity index (χ1n) is 6.32. The van der Waals surface area contributed by atoms with Crippen LogP contribution in [0.25, 0.3) is 0 Å². The van der Waals surface area contributed by atoms with Gasteiger partial charge in [-0.15, -0.1) is 0 Å². The summed E-state index contributed by atoms with van der Waals surface area (Å²) in [6.45, 7) is 6.14. The summed E-state index contributed by atoms with van der Waals surface area (Å²) < 4.78 is 6.70. The lowest BCUT2D eigenvalue weighted by molar-refractivity contribution is 0.0695. The van der Waals surface area contributed by atoms with Crippen LogP contribution in [0.1, 0.15) is 46.0 Å². The van der Waals surface area contributed by atoms with Gasteiger partial charge < -0.3 is 14.9 Å². The number of rotatable bonds is 5. The molecular weight excluding hydrogens is 260 g/mol. The van der Waals surface area contributed by atoms with Crippen LogP contribution in [0.15, 0.2) is 10.7 Å². The fourth-order valence-corrected chi connectivity index (χ4v) is 2.31. The number of hydrogen-bond donors (Lipinski definition) is 2. The van der Waals surface area contributed by atoms with E-state index in [0.717, 1.165) is 17.0 Å². The molecule has 1 unspecified atom stereocenters. The molecule has 108 valence electrons. The third-order valence-corrected chi connectivity index (χ3v) is 3.39. The van der Waals surface area contributed by atoms with E-state index >= 15 is 0 Å². The molecule has 0 saturated heterocycles. The van der Waals surface area contributed by atoms with Gasteiger partial charge in [-0.05, 0) is 20.8 Å². The zero-order valence-corrected chi connectivity index (χ0v) is 12.0. The van der Waals surface area contributed by atoms with Crippen molar-refractivity contribution >= 4 is 5.97 Å². The van der Waals surface area contributed by atoms with Crippen LogP contribution in [0.2, 0.25) is 0 Å². The van der Waals surface area contributed by atoms with Crippen LogP contribution in [0, 0.1) is 13.8 Å². The second-order valence-corrected chi connectivity index (χ2v) is 4.77. The molecule has 0 amide bonds. The summed E-state index contributed by atoms with van der Waals surface area (Å²) >= 11 is 0. The number of aryl methyl sites for hydroxylation is 3. The van der Waals surface area contributed by atoms with E-state index < -0.39 is 5.97 Å². The number of aromatic nitrogens is 3. The van der Waals surface area contributed by atoms with Crippen molar-refractivity contribution in [1.29, 1.82) is 0 Å². The van der Waals surface area contributed by atoms with Gasteiger partial charge in [-0.3, -0.25) is 4.68 Å². The Labute approximate surface area is 116 Å². The van der Waals surface area contributed by atoms with Crippen molar-refractivity contribution in [1.82, 2.24) is 20.3 Å². The van der Waals surface area contributed by atoms with Crippen LogP contribution in [0.5, 0.6) is 0 Å². The molecule has 0 radical (unpaired) electrons. The maximum atomic E-state index is 11.1. The van der Waals surface area contributed by atoms with Gasteiger partial charge in [0.05, 0.1) is 17.6 Å². The van der Waals surface area contributed by atoms with Crippen molar-refractivity contribution < 1.29 is 14.4 Å². The summed E-state index contributed by atoms with van der Waals surface area (Å²) in [5.74, 6) is -0.203. The second-order valence-electron chi connectivity index (χ2n) is 4.77. The number of carboxylic acids is 1. The Hall–Kier alpha value is -2.15. The predicted molar refractivity (Wildman–Crippen MR) is 71.4 cm³/mol. The zero-order valence-electron chi connectivity index (χ0n) is 12.0. The number of nitrogens with zero attached hydrogens (tertiary/aromatic N) is 3. The third-order valence-electron chi connectivity index (χ3n) is 3.39. The summed E-state index contributed by atoms with van der Waals surface area (Å²) in [6, 6.07) is 0.0118. The van der Waals surface area contributed by atoms with Gasteiger partial charge in [0, 0.05) is 25.2 Å². The fourth-order valence-electron chi connectivity index (χ4n) is 2.31. The van der Waals surface area contributed by atoms with Gasteiger partial charge >= 0.3 is 5.97 Å². The average molecular weight is 278 g/mol. The molecule has 0 aliphatic rings. The molecule has 2 rings (SSSR count). The molecule has 7 nitrogen and oxygen atoms in total. The SMILES string of the molecule is Cc1noc(C)c1C(C)NCc1c(C(=O)O)cnn1C. The Balaban J connectivity index is 2.13. The molecule has 0 aliphatic carbocycles. The highest BCUT2D eigenvalue weighted by Gasteiger charge is 2.19. The van der Waals surface area contributed by atoms with E-state index in [0.29, 0.717) is 12.2 Å². The number of aromatic carboxylic acids is 1. The van der Waals surface area contributed by atoms with Crippen LogP contribution >= 0.6 is 0 Å². The minimum atomic E-state index is -0.972. The van der Waals surface area contributed by atoms with Crippen LogP contribution in [0.4, 0.5) is 0 Å². The predicted octanol–water partition coefficient (Wildman–Crippen LogP) is 1.57. The third kappa shape index (κ3) is 2.57. The molecular formula is C13H18N4O3. The number of nitrogens with one attached hydrogen (secondary N) is 1. The molecule has 0 saturated carbocycles. The second kappa shape index (κ2) is 5.46. The molecule has 2 N–H and O–H groups in total. The van der Waals surface area contributed by atoms with Crippen LogP contribution in [0.3, 0.4) is 0 Å². The molecule has 20 heavy (non-hydrogen) atoms. The van der Waals surface area contributed by atoms with Crippen molar-refractivity contribution in [2.45, 2.75) is 33.4 Å². The van der Waals surface area contributed by atoms with E-state index in [-0.39, 0.29) is 11.6 Å². The Morgan fingerprint density at radius 1 is 1.55 bits per heavy atom. The first-order valence-corrected chi connectivity index (χ1v) is 6.32. The van der Waals surface area contributed by atoms with Gasteiger partial charge in [-0.1, -0.05) is 5.16 Å². The summed E-state index contributed by atoms with van der Waals surface area (Å²) in [4.78, 5) is 11.1. The fraction of sp³-hybridized carbons (Fsp3) is 0.462. The van der Waals surface area contributed by atoms with Gasteiger partial charge in [-0.2, -0.15) is 5.10 Å². The molecule has 1 atom stereocenters. The molecule has 7 heteroatoms. The van der Waals surface area contributed by atoms with Gasteiger partial charge in [0.1, 0.15) is 11.3 Å². The highest BCUT2D eigenvalue weighted by molar-refractivity contribution is 5.88. The van der Waals surface area contributed by atoms with Crippen LogP contribution in [-0.4, -0.2) is 26.0 Å². The Morgan fingerprint density at radius 3 is 2.80 bits per heavy atom. The first kappa shape index (κ1) is 14.3. The largest absolute Gasteiger partial charge is 0.478 e. The molecule has 0 spiro atoms. The van der Waals surface area contributed by atoms with Gasteiger partial charge in [-0.25, -0.2) is 4.79 Å². The van der Waals surface area contributed by atoms with Crippen molar-refractivity contribution in [2.75, 3.05) is 0 Å². The smallest absolute Gasteiger partial charge is 0.339 e. The Bertz CT molecular complexity index is 610. The van der Waals surface area contributed by atoms with Gasteiger partial charge in [0.15, 0.2) is 0 Å². The summed E-state index contributed by atoms with van der Waals surface area (Å²) in [6.07, 6.45) is 1.36. The molecule has 2 aromatic rings. The maximum Gasteiger partial charge on any atom is 0.339 e. The van der Waals surface area contributed by atoms with Crippen LogP contribution < -0.4 is 5.32 Å². The molecule has 0 aromatic carbocycles. The first-order chi connectivity index (χ1) is 9.41. The molecule has 0 bridgehead atoms. The summed E-state index contributed by atoms with van der Waals surface area (Å²) in [5, 5.41) is 20.3. The lowest BCUT2D eigenvalue weighted by atomic mass is 10.1. The average Bonchev–Trinajstić information content (AvgIpc) is 2.90. The highest BCUT2D eigenvalue weighted by Crippen LogP contribution is 2.21. The van der Waals surface area contributed by atoms with E-state index in [1.54, 1.807) is 11.7 Å². The van der Waals surface area contributed by atoms with Crippen molar-refractivity contribution in [3.05, 3.63) is 34.5 Å². The lowest BCUT2D eigenvalue weighted by Gasteiger charge is -2.14. The van der Waals surface area contributed by atoms with Crippen LogP contribution in [-0.2, 0) is 13.6 Å². The Kier molecular flexibility index (Phi) is 3.89. The topological polar surface area (TPSA) is 93.2 Å². The highest BCUT2D eigenvalue weighted by atomic mass is 16.5. The van der Waals surface area contributed by atoms with E-state index in [1.807, 2.05) is 20.8 Å². The number of carboxylic acid groups (broad SMARTS) is 1. The van der Waals surface area contributed by atoms with E-state index in [9.17, 15) is 4.79 Å². The quantitative estimate of drug-likeness (QED) is 0.862. The Morgan fingerprint density at radius 2 is 2.25 bits per heavy atom. The maximum absolute atomic E-state index is 11.1. The lowest BCUT2D eigenvalue weighted by Crippen LogP contribution is -2.22. The number of carbonyl (C=O) groups is 1. The normalized spacial score (nSPS) is 12.6.